The first-order valence-electron chi connectivity index (χ1n) is 8.67. The van der Waals surface area contributed by atoms with Crippen LogP contribution >= 0.6 is 11.3 Å². The number of amides is 2. The standard InChI is InChI=1S/C19H21FN4O2S/c1-4-10(2)16(17(21)25)22-18(26)15-9-14-11(3)23-24(19(14)27-15)13-7-5-12(20)6-8-13/h5-10,16H,4H2,1-3H3,(H2,21,25)(H,22,26). The van der Waals surface area contributed by atoms with Crippen molar-refractivity contribution in [3.8, 4) is 5.69 Å². The van der Waals surface area contributed by atoms with Crippen LogP contribution in [0.15, 0.2) is 30.3 Å². The Morgan fingerprint density at radius 1 is 1.33 bits per heavy atom. The number of hydrogen-bond acceptors (Lipinski definition) is 4. The van der Waals surface area contributed by atoms with Crippen LogP contribution in [0.4, 0.5) is 4.39 Å². The van der Waals surface area contributed by atoms with Crippen LogP contribution in [0.5, 0.6) is 0 Å². The molecule has 3 N–H and O–H groups in total. The van der Waals surface area contributed by atoms with E-state index in [-0.39, 0.29) is 17.6 Å². The molecule has 3 aromatic rings. The van der Waals surface area contributed by atoms with Crippen LogP contribution in [0.25, 0.3) is 15.9 Å². The second-order valence-electron chi connectivity index (χ2n) is 6.54. The molecule has 2 atom stereocenters. The van der Waals surface area contributed by atoms with Crippen molar-refractivity contribution in [2.75, 3.05) is 0 Å². The van der Waals surface area contributed by atoms with Crippen molar-refractivity contribution < 1.29 is 14.0 Å². The predicted molar refractivity (Wildman–Crippen MR) is 104 cm³/mol. The van der Waals surface area contributed by atoms with Crippen molar-refractivity contribution >= 4 is 33.4 Å². The smallest absolute Gasteiger partial charge is 0.262 e. The second kappa shape index (κ2) is 7.48. The van der Waals surface area contributed by atoms with Crippen molar-refractivity contribution in [3.63, 3.8) is 0 Å². The second-order valence-corrected chi connectivity index (χ2v) is 7.57. The minimum Gasteiger partial charge on any atom is -0.368 e. The molecule has 0 aliphatic heterocycles. The molecule has 0 fully saturated rings. The zero-order chi connectivity index (χ0) is 19.7. The molecule has 0 aliphatic carbocycles. The highest BCUT2D eigenvalue weighted by atomic mass is 32.1. The third-order valence-electron chi connectivity index (χ3n) is 4.65. The number of primary amides is 1. The van der Waals surface area contributed by atoms with Gasteiger partial charge in [0.25, 0.3) is 5.91 Å². The van der Waals surface area contributed by atoms with Gasteiger partial charge in [0, 0.05) is 5.39 Å². The van der Waals surface area contributed by atoms with E-state index in [1.165, 1.54) is 23.5 Å². The summed E-state index contributed by atoms with van der Waals surface area (Å²) in [6.07, 6.45) is 0.721. The maximum Gasteiger partial charge on any atom is 0.262 e. The van der Waals surface area contributed by atoms with Crippen molar-refractivity contribution in [1.82, 2.24) is 15.1 Å². The van der Waals surface area contributed by atoms with Gasteiger partial charge in [0.15, 0.2) is 0 Å². The van der Waals surface area contributed by atoms with E-state index in [9.17, 15) is 14.0 Å². The van der Waals surface area contributed by atoms with Crippen LogP contribution in [0.1, 0.15) is 35.6 Å². The maximum atomic E-state index is 13.2. The van der Waals surface area contributed by atoms with Crippen molar-refractivity contribution in [2.24, 2.45) is 11.7 Å². The summed E-state index contributed by atoms with van der Waals surface area (Å²) in [5.74, 6) is -1.28. The molecule has 0 bridgehead atoms. The topological polar surface area (TPSA) is 90.0 Å². The van der Waals surface area contributed by atoms with E-state index in [1.54, 1.807) is 22.9 Å². The average molecular weight is 388 g/mol. The van der Waals surface area contributed by atoms with Crippen LogP contribution in [-0.2, 0) is 4.79 Å². The van der Waals surface area contributed by atoms with Crippen LogP contribution < -0.4 is 11.1 Å². The molecule has 3 rings (SSSR count). The number of rotatable bonds is 6. The van der Waals surface area contributed by atoms with Crippen molar-refractivity contribution in [1.29, 1.82) is 0 Å². The molecule has 27 heavy (non-hydrogen) atoms. The molecule has 0 aliphatic rings. The van der Waals surface area contributed by atoms with E-state index in [0.717, 1.165) is 22.3 Å². The summed E-state index contributed by atoms with van der Waals surface area (Å²) in [5.41, 5.74) is 6.90. The number of aromatic nitrogens is 2. The lowest BCUT2D eigenvalue weighted by Crippen LogP contribution is -2.48. The van der Waals surface area contributed by atoms with Gasteiger partial charge in [-0.25, -0.2) is 9.07 Å². The fourth-order valence-electron chi connectivity index (χ4n) is 2.86. The number of fused-ring (bicyclic) bond motifs is 1. The van der Waals surface area contributed by atoms with E-state index in [1.807, 2.05) is 20.8 Å². The molecule has 2 aromatic heterocycles. The summed E-state index contributed by atoms with van der Waals surface area (Å²) in [4.78, 5) is 25.6. The van der Waals surface area contributed by atoms with E-state index in [0.29, 0.717) is 10.6 Å². The first-order chi connectivity index (χ1) is 12.8. The van der Waals surface area contributed by atoms with E-state index in [2.05, 4.69) is 10.4 Å². The minimum absolute atomic E-state index is 0.0581. The lowest BCUT2D eigenvalue weighted by atomic mass is 9.98. The van der Waals surface area contributed by atoms with Gasteiger partial charge in [-0.1, -0.05) is 20.3 Å². The van der Waals surface area contributed by atoms with Gasteiger partial charge in [-0.3, -0.25) is 9.59 Å². The molecule has 2 amide bonds. The third-order valence-corrected chi connectivity index (χ3v) is 5.76. The highest BCUT2D eigenvalue weighted by molar-refractivity contribution is 7.20. The lowest BCUT2D eigenvalue weighted by molar-refractivity contribution is -0.120. The van der Waals surface area contributed by atoms with Gasteiger partial charge in [0.05, 0.1) is 16.3 Å². The molecule has 2 unspecified atom stereocenters. The molecule has 8 heteroatoms. The Bertz CT molecular complexity index is 993. The Morgan fingerprint density at radius 2 is 2.00 bits per heavy atom. The fraction of sp³-hybridized carbons (Fsp3) is 0.316. The number of benzene rings is 1. The Kier molecular flexibility index (Phi) is 5.27. The molecule has 1 aromatic carbocycles. The molecule has 0 spiro atoms. The number of nitrogens with one attached hydrogen (secondary N) is 1. The quantitative estimate of drug-likeness (QED) is 0.680. The van der Waals surface area contributed by atoms with Gasteiger partial charge in [0.1, 0.15) is 16.7 Å². The number of aryl methyl sites for hydroxylation is 1. The van der Waals surface area contributed by atoms with Gasteiger partial charge in [-0.05, 0) is 43.2 Å². The molecule has 2 heterocycles. The van der Waals surface area contributed by atoms with Crippen LogP contribution in [0, 0.1) is 18.7 Å². The van der Waals surface area contributed by atoms with Crippen molar-refractivity contribution in [3.05, 3.63) is 46.7 Å². The maximum absolute atomic E-state index is 13.2. The van der Waals surface area contributed by atoms with Crippen LogP contribution in [0.3, 0.4) is 0 Å². The largest absolute Gasteiger partial charge is 0.368 e. The highest BCUT2D eigenvalue weighted by Crippen LogP contribution is 2.30. The van der Waals surface area contributed by atoms with Crippen molar-refractivity contribution in [2.45, 2.75) is 33.2 Å². The van der Waals surface area contributed by atoms with Gasteiger partial charge < -0.3 is 11.1 Å². The highest BCUT2D eigenvalue weighted by Gasteiger charge is 2.25. The monoisotopic (exact) mass is 388 g/mol. The number of carbonyl (C=O) groups is 2. The molecular weight excluding hydrogens is 367 g/mol. The van der Waals surface area contributed by atoms with E-state index >= 15 is 0 Å². The lowest BCUT2D eigenvalue weighted by Gasteiger charge is -2.20. The minimum atomic E-state index is -0.720. The number of halogens is 1. The van der Waals surface area contributed by atoms with Gasteiger partial charge >= 0.3 is 0 Å². The van der Waals surface area contributed by atoms with Gasteiger partial charge in [0.2, 0.25) is 5.91 Å². The molecule has 142 valence electrons. The molecular formula is C19H21FN4O2S. The Morgan fingerprint density at radius 3 is 2.59 bits per heavy atom. The number of thiophene rings is 1. The van der Waals surface area contributed by atoms with Gasteiger partial charge in [-0.15, -0.1) is 11.3 Å². The zero-order valence-corrected chi connectivity index (χ0v) is 16.1. The summed E-state index contributed by atoms with van der Waals surface area (Å²) < 4.78 is 14.9. The summed E-state index contributed by atoms with van der Waals surface area (Å²) >= 11 is 1.27. The van der Waals surface area contributed by atoms with E-state index in [4.69, 9.17) is 5.73 Å². The summed E-state index contributed by atoms with van der Waals surface area (Å²) in [6, 6.07) is 7.03. The number of nitrogens with two attached hydrogens (primary N) is 1. The summed E-state index contributed by atoms with van der Waals surface area (Å²) in [5, 5.41) is 8.06. The van der Waals surface area contributed by atoms with Crippen LogP contribution in [-0.4, -0.2) is 27.6 Å². The fourth-order valence-corrected chi connectivity index (χ4v) is 3.94. The Hall–Kier alpha value is -2.74. The number of hydrogen-bond donors (Lipinski definition) is 2. The SMILES string of the molecule is CCC(C)C(NC(=O)c1cc2c(C)nn(-c3ccc(F)cc3)c2s1)C(N)=O. The predicted octanol–water partition coefficient (Wildman–Crippen LogP) is 3.16. The summed E-state index contributed by atoms with van der Waals surface area (Å²) in [6.45, 7) is 5.66. The third kappa shape index (κ3) is 3.71. The first-order valence-corrected chi connectivity index (χ1v) is 9.48. The normalized spacial score (nSPS) is 13.5. The first kappa shape index (κ1) is 19.0. The number of carbonyl (C=O) groups excluding carboxylic acids is 2. The molecule has 0 radical (unpaired) electrons. The Labute approximate surface area is 160 Å². The molecule has 0 saturated carbocycles. The Balaban J connectivity index is 1.95. The number of nitrogens with zero attached hydrogens (tertiary/aromatic N) is 2. The molecule has 6 nitrogen and oxygen atoms in total. The van der Waals surface area contributed by atoms with Crippen LogP contribution in [0.2, 0.25) is 0 Å². The average Bonchev–Trinajstić information content (AvgIpc) is 3.20. The molecule has 0 saturated heterocycles. The van der Waals surface area contributed by atoms with E-state index < -0.39 is 11.9 Å². The summed E-state index contributed by atoms with van der Waals surface area (Å²) in [7, 11) is 0. The zero-order valence-electron chi connectivity index (χ0n) is 15.3. The van der Waals surface area contributed by atoms with Gasteiger partial charge in [-0.2, -0.15) is 5.10 Å².